The second kappa shape index (κ2) is 13.8. The van der Waals surface area contributed by atoms with Crippen LogP contribution in [0.15, 0.2) is 89.5 Å². The summed E-state index contributed by atoms with van der Waals surface area (Å²) in [5.41, 5.74) is 14.6. The first-order chi connectivity index (χ1) is 16.3. The van der Waals surface area contributed by atoms with Crippen molar-refractivity contribution >= 4 is 39.9 Å². The van der Waals surface area contributed by atoms with Gasteiger partial charge in [-0.25, -0.2) is 9.97 Å². The molecule has 0 atom stereocenters. The molecule has 6 N–H and O–H groups in total. The van der Waals surface area contributed by atoms with Crippen LogP contribution in [0, 0.1) is 0 Å². The van der Waals surface area contributed by atoms with Gasteiger partial charge in [-0.3, -0.25) is 0 Å². The molecule has 0 unspecified atom stereocenters. The summed E-state index contributed by atoms with van der Waals surface area (Å²) in [6.45, 7) is 0. The number of pyridine rings is 2. The predicted octanol–water partition coefficient (Wildman–Crippen LogP) is 3.14. The first kappa shape index (κ1) is 26.7. The van der Waals surface area contributed by atoms with Gasteiger partial charge in [0.15, 0.2) is 0 Å². The van der Waals surface area contributed by atoms with Gasteiger partial charge in [-0.1, -0.05) is 36.4 Å². The summed E-state index contributed by atoms with van der Waals surface area (Å²) >= 11 is 3.21. The largest absolute Gasteiger partial charge is 0.488 e. The topological polar surface area (TPSA) is 137 Å². The Labute approximate surface area is 207 Å². The van der Waals surface area contributed by atoms with E-state index in [-0.39, 0.29) is 0 Å². The van der Waals surface area contributed by atoms with Crippen LogP contribution in [-0.2, 0) is 0 Å². The summed E-state index contributed by atoms with van der Waals surface area (Å²) < 4.78 is 10.7. The molecule has 34 heavy (non-hydrogen) atoms. The van der Waals surface area contributed by atoms with Crippen molar-refractivity contribution in [2.24, 2.45) is 0 Å². The number of hydrogen-bond donors (Lipinski definition) is 4. The highest BCUT2D eigenvalue weighted by Gasteiger charge is 2.09. The number of hydrogen-bond acceptors (Lipinski definition) is 8. The molecule has 0 amide bonds. The first-order valence-electron chi connectivity index (χ1n) is 10.1. The Morgan fingerprint density at radius 1 is 0.735 bits per heavy atom. The monoisotopic (exact) mass is 524 g/mol. The molecule has 0 bridgehead atoms. The fraction of sp³-hybridized carbons (Fsp3) is 0.0833. The van der Waals surface area contributed by atoms with E-state index in [9.17, 15) is 0 Å². The van der Waals surface area contributed by atoms with Gasteiger partial charge in [-0.15, -0.1) is 0 Å². The van der Waals surface area contributed by atoms with Gasteiger partial charge in [0.25, 0.3) is 0 Å². The molecule has 8 nitrogen and oxygen atoms in total. The van der Waals surface area contributed by atoms with Gasteiger partial charge >= 0.3 is 7.12 Å². The number of nitrogens with zero attached hydrogens (tertiary/aromatic N) is 2. The van der Waals surface area contributed by atoms with Crippen LogP contribution in [0.3, 0.4) is 0 Å². The zero-order chi connectivity index (χ0) is 24.9. The van der Waals surface area contributed by atoms with Gasteiger partial charge in [0.1, 0.15) is 4.60 Å². The van der Waals surface area contributed by atoms with E-state index < -0.39 is 7.12 Å². The standard InChI is InChI=1S/C12H12N2O.C6H8BNO2.C6H6BrNO/c1-15-12-7-3-6-11(14-12)9-4-2-5-10(13)8-9;8-6-3-1-2-5(4-6)7(9)10;1-9-6-4-2-3-5(7)8-6/h2-8H,13H2,1H3;1-4,9-10H,8H2;2-4H,1H3. The van der Waals surface area contributed by atoms with Crippen molar-refractivity contribution in [2.45, 2.75) is 0 Å². The van der Waals surface area contributed by atoms with Crippen molar-refractivity contribution in [2.75, 3.05) is 25.7 Å². The molecule has 4 rings (SSSR count). The normalized spacial score (nSPS) is 9.56. The van der Waals surface area contributed by atoms with E-state index in [0.29, 0.717) is 22.9 Å². The minimum absolute atomic E-state index is 0.417. The molecule has 176 valence electrons. The Hall–Kier alpha value is -3.60. The van der Waals surface area contributed by atoms with Crippen molar-refractivity contribution < 1.29 is 19.5 Å². The van der Waals surface area contributed by atoms with Crippen LogP contribution in [-0.4, -0.2) is 41.4 Å². The van der Waals surface area contributed by atoms with E-state index in [0.717, 1.165) is 21.5 Å². The Morgan fingerprint density at radius 3 is 1.79 bits per heavy atom. The van der Waals surface area contributed by atoms with Crippen molar-refractivity contribution in [3.8, 4) is 23.0 Å². The van der Waals surface area contributed by atoms with Gasteiger partial charge < -0.3 is 31.0 Å². The maximum atomic E-state index is 8.65. The number of methoxy groups -OCH3 is 2. The summed E-state index contributed by atoms with van der Waals surface area (Å²) in [5, 5.41) is 17.3. The highest BCUT2D eigenvalue weighted by molar-refractivity contribution is 9.10. The maximum Gasteiger partial charge on any atom is 0.488 e. The van der Waals surface area contributed by atoms with Gasteiger partial charge in [-0.05, 0) is 57.8 Å². The molecular formula is C24H26BBrN4O4. The molecule has 0 fully saturated rings. The molecule has 0 radical (unpaired) electrons. The van der Waals surface area contributed by atoms with Crippen LogP contribution >= 0.6 is 15.9 Å². The van der Waals surface area contributed by atoms with Crippen molar-refractivity contribution in [3.63, 3.8) is 0 Å². The summed E-state index contributed by atoms with van der Waals surface area (Å²) in [6.07, 6.45) is 0. The highest BCUT2D eigenvalue weighted by atomic mass is 79.9. The van der Waals surface area contributed by atoms with Crippen LogP contribution in [0.1, 0.15) is 0 Å². The van der Waals surface area contributed by atoms with Crippen LogP contribution < -0.4 is 26.4 Å². The molecular weight excluding hydrogens is 499 g/mol. The molecule has 2 aromatic heterocycles. The van der Waals surface area contributed by atoms with Crippen LogP contribution in [0.2, 0.25) is 0 Å². The third kappa shape index (κ3) is 9.10. The molecule has 0 spiro atoms. The smallest absolute Gasteiger partial charge is 0.481 e. The molecule has 4 aromatic rings. The lowest BCUT2D eigenvalue weighted by Gasteiger charge is -2.04. The third-order valence-corrected chi connectivity index (χ3v) is 4.66. The molecule has 0 aliphatic heterocycles. The fourth-order valence-corrected chi connectivity index (χ4v) is 2.94. The van der Waals surface area contributed by atoms with E-state index in [1.165, 1.54) is 6.07 Å². The molecule has 2 aromatic carbocycles. The summed E-state index contributed by atoms with van der Waals surface area (Å²) in [6, 6.07) is 25.3. The van der Waals surface area contributed by atoms with Crippen LogP contribution in [0.4, 0.5) is 11.4 Å². The molecule has 0 saturated carbocycles. The van der Waals surface area contributed by atoms with Gasteiger partial charge in [0.2, 0.25) is 11.8 Å². The summed E-state index contributed by atoms with van der Waals surface area (Å²) in [5.74, 6) is 1.24. The molecule has 0 aliphatic carbocycles. The average molecular weight is 525 g/mol. The predicted molar refractivity (Wildman–Crippen MR) is 140 cm³/mol. The van der Waals surface area contributed by atoms with E-state index in [1.807, 2.05) is 54.6 Å². The number of benzene rings is 2. The maximum absolute atomic E-state index is 8.65. The molecule has 0 saturated heterocycles. The number of rotatable bonds is 4. The van der Waals surface area contributed by atoms with E-state index >= 15 is 0 Å². The van der Waals surface area contributed by atoms with Crippen molar-refractivity contribution in [1.29, 1.82) is 0 Å². The number of anilines is 2. The quantitative estimate of drug-likeness (QED) is 0.181. The number of nitrogens with two attached hydrogens (primary N) is 2. The van der Waals surface area contributed by atoms with Crippen molar-refractivity contribution in [1.82, 2.24) is 9.97 Å². The molecule has 10 heteroatoms. The van der Waals surface area contributed by atoms with Crippen molar-refractivity contribution in [3.05, 3.63) is 89.5 Å². The SMILES string of the molecule is COc1cccc(-c2cccc(N)c2)n1.COc1cccc(Br)n1.Nc1cccc(B(O)O)c1. The van der Waals surface area contributed by atoms with Gasteiger partial charge in [-0.2, -0.15) is 0 Å². The Kier molecular flexibility index (Phi) is 10.8. The number of aromatic nitrogens is 2. The number of ether oxygens (including phenoxy) is 2. The minimum atomic E-state index is -1.43. The number of nitrogen functional groups attached to an aromatic ring is 2. The zero-order valence-corrected chi connectivity index (χ0v) is 20.4. The summed E-state index contributed by atoms with van der Waals surface area (Å²) in [4.78, 5) is 8.31. The Balaban J connectivity index is 0.000000189. The molecule has 0 aliphatic rings. The molecule has 2 heterocycles. The second-order valence-electron chi connectivity index (χ2n) is 6.74. The average Bonchev–Trinajstić information content (AvgIpc) is 2.85. The Morgan fingerprint density at radius 2 is 1.29 bits per heavy atom. The lowest BCUT2D eigenvalue weighted by Crippen LogP contribution is -2.29. The van der Waals surface area contributed by atoms with Gasteiger partial charge in [0, 0.05) is 29.1 Å². The minimum Gasteiger partial charge on any atom is -0.481 e. The van der Waals surface area contributed by atoms with E-state index in [2.05, 4.69) is 25.9 Å². The fourth-order valence-electron chi connectivity index (χ4n) is 2.61. The second-order valence-corrected chi connectivity index (χ2v) is 7.55. The lowest BCUT2D eigenvalue weighted by atomic mass is 9.80. The number of halogens is 1. The zero-order valence-electron chi connectivity index (χ0n) is 18.8. The van der Waals surface area contributed by atoms with E-state index in [1.54, 1.807) is 38.5 Å². The third-order valence-electron chi connectivity index (χ3n) is 4.22. The first-order valence-corrected chi connectivity index (χ1v) is 10.9. The van der Waals surface area contributed by atoms with Gasteiger partial charge in [0.05, 0.1) is 19.9 Å². The Bertz CT molecular complexity index is 1180. The summed E-state index contributed by atoms with van der Waals surface area (Å²) in [7, 11) is 1.77. The highest BCUT2D eigenvalue weighted by Crippen LogP contribution is 2.21. The van der Waals surface area contributed by atoms with Crippen LogP contribution in [0.5, 0.6) is 11.8 Å². The van der Waals surface area contributed by atoms with E-state index in [4.69, 9.17) is 31.0 Å². The lowest BCUT2D eigenvalue weighted by molar-refractivity contribution is 0.397. The van der Waals surface area contributed by atoms with Crippen LogP contribution in [0.25, 0.3) is 11.3 Å².